The number of nitrogens with zero attached hydrogens (tertiary/aromatic N) is 3. The van der Waals surface area contributed by atoms with Gasteiger partial charge in [-0.3, -0.25) is 4.79 Å². The smallest absolute Gasteiger partial charge is 0.277 e. The normalized spacial score (nSPS) is 10.8. The molecule has 110 valence electrons. The summed E-state index contributed by atoms with van der Waals surface area (Å²) in [6.07, 6.45) is 3.07. The van der Waals surface area contributed by atoms with Gasteiger partial charge in [0.05, 0.1) is 11.2 Å². The molecule has 0 saturated carbocycles. The Hall–Kier alpha value is -1.53. The zero-order valence-corrected chi connectivity index (χ0v) is 14.2. The van der Waals surface area contributed by atoms with E-state index in [0.29, 0.717) is 11.6 Å². The lowest BCUT2D eigenvalue weighted by Crippen LogP contribution is -2.17. The first-order valence-corrected chi connectivity index (χ1v) is 7.51. The zero-order valence-electron chi connectivity index (χ0n) is 11.8. The Bertz CT molecular complexity index is 691. The molecule has 0 atom stereocenters. The topological polar surface area (TPSA) is 67.8 Å². The standard InChI is InChI=1S/C14H14BrClN4O/c1-7(2)13-18-6-10(16)12(20-13)14(21)19-11-4-8(3)9(15)5-17-11/h4-7H,1-3H3,(H,17,19,21). The van der Waals surface area contributed by atoms with Crippen molar-refractivity contribution in [3.8, 4) is 0 Å². The van der Waals surface area contributed by atoms with E-state index in [4.69, 9.17) is 11.6 Å². The number of anilines is 1. The van der Waals surface area contributed by atoms with Gasteiger partial charge in [0, 0.05) is 16.6 Å². The molecule has 1 amide bonds. The highest BCUT2D eigenvalue weighted by Gasteiger charge is 2.16. The second-order valence-electron chi connectivity index (χ2n) is 4.85. The first-order chi connectivity index (χ1) is 9.88. The molecule has 0 bridgehead atoms. The molecular formula is C14H14BrClN4O. The summed E-state index contributed by atoms with van der Waals surface area (Å²) in [6.45, 7) is 5.81. The molecule has 0 unspecified atom stereocenters. The van der Waals surface area contributed by atoms with E-state index in [1.807, 2.05) is 20.8 Å². The molecule has 2 rings (SSSR count). The number of hydrogen-bond donors (Lipinski definition) is 1. The van der Waals surface area contributed by atoms with Crippen molar-refractivity contribution in [1.29, 1.82) is 0 Å². The number of amides is 1. The molecule has 0 aliphatic rings. The maximum Gasteiger partial charge on any atom is 0.277 e. The average Bonchev–Trinajstić information content (AvgIpc) is 2.43. The maximum absolute atomic E-state index is 12.3. The summed E-state index contributed by atoms with van der Waals surface area (Å²) in [4.78, 5) is 24.7. The lowest BCUT2D eigenvalue weighted by molar-refractivity contribution is 0.102. The number of carbonyl (C=O) groups excluding carboxylic acids is 1. The van der Waals surface area contributed by atoms with Crippen LogP contribution < -0.4 is 5.32 Å². The van der Waals surface area contributed by atoms with E-state index in [0.717, 1.165) is 10.0 Å². The Balaban J connectivity index is 2.27. The summed E-state index contributed by atoms with van der Waals surface area (Å²) in [5, 5.41) is 2.90. The van der Waals surface area contributed by atoms with Gasteiger partial charge in [0.1, 0.15) is 11.6 Å². The summed E-state index contributed by atoms with van der Waals surface area (Å²) in [5.41, 5.74) is 1.12. The van der Waals surface area contributed by atoms with Gasteiger partial charge in [0.15, 0.2) is 5.69 Å². The van der Waals surface area contributed by atoms with E-state index in [-0.39, 0.29) is 16.6 Å². The Morgan fingerprint density at radius 3 is 2.67 bits per heavy atom. The van der Waals surface area contributed by atoms with Crippen LogP contribution in [0.25, 0.3) is 0 Å². The van der Waals surface area contributed by atoms with Crippen LogP contribution in [0.1, 0.15) is 41.6 Å². The quantitative estimate of drug-likeness (QED) is 0.889. The van der Waals surface area contributed by atoms with Crippen molar-refractivity contribution >= 4 is 39.3 Å². The molecule has 7 heteroatoms. The van der Waals surface area contributed by atoms with Crippen molar-refractivity contribution in [3.05, 3.63) is 45.0 Å². The fourth-order valence-electron chi connectivity index (χ4n) is 1.60. The third-order valence-electron chi connectivity index (χ3n) is 2.78. The summed E-state index contributed by atoms with van der Waals surface area (Å²) < 4.78 is 0.877. The highest BCUT2D eigenvalue weighted by atomic mass is 79.9. The lowest BCUT2D eigenvalue weighted by atomic mass is 10.2. The monoisotopic (exact) mass is 368 g/mol. The highest BCUT2D eigenvalue weighted by Crippen LogP contribution is 2.20. The Morgan fingerprint density at radius 1 is 1.33 bits per heavy atom. The van der Waals surface area contributed by atoms with E-state index in [9.17, 15) is 4.79 Å². The van der Waals surface area contributed by atoms with Crippen LogP contribution in [0.4, 0.5) is 5.82 Å². The fourth-order valence-corrected chi connectivity index (χ4v) is 2.00. The van der Waals surface area contributed by atoms with Crippen LogP contribution in [-0.4, -0.2) is 20.9 Å². The van der Waals surface area contributed by atoms with Crippen molar-refractivity contribution in [3.63, 3.8) is 0 Å². The molecule has 5 nitrogen and oxygen atoms in total. The molecule has 21 heavy (non-hydrogen) atoms. The van der Waals surface area contributed by atoms with E-state index in [1.54, 1.807) is 12.3 Å². The second-order valence-corrected chi connectivity index (χ2v) is 6.11. The average molecular weight is 370 g/mol. The number of carbonyl (C=O) groups is 1. The third kappa shape index (κ3) is 3.77. The molecule has 0 aliphatic carbocycles. The number of rotatable bonds is 3. The molecule has 2 aromatic heterocycles. The zero-order chi connectivity index (χ0) is 15.6. The van der Waals surface area contributed by atoms with Gasteiger partial charge < -0.3 is 5.32 Å². The lowest BCUT2D eigenvalue weighted by Gasteiger charge is -2.09. The van der Waals surface area contributed by atoms with Gasteiger partial charge in [-0.05, 0) is 34.5 Å². The third-order valence-corrected chi connectivity index (χ3v) is 3.89. The van der Waals surface area contributed by atoms with Crippen LogP contribution in [0.2, 0.25) is 5.02 Å². The van der Waals surface area contributed by atoms with Crippen molar-refractivity contribution in [1.82, 2.24) is 15.0 Å². The number of pyridine rings is 1. The number of aryl methyl sites for hydroxylation is 1. The molecule has 0 radical (unpaired) electrons. The predicted molar refractivity (Wildman–Crippen MR) is 85.8 cm³/mol. The van der Waals surface area contributed by atoms with Gasteiger partial charge in [0.25, 0.3) is 5.91 Å². The van der Waals surface area contributed by atoms with Gasteiger partial charge in [-0.15, -0.1) is 0 Å². The number of aromatic nitrogens is 3. The number of halogens is 2. The van der Waals surface area contributed by atoms with Gasteiger partial charge in [-0.25, -0.2) is 15.0 Å². The van der Waals surface area contributed by atoms with Crippen molar-refractivity contribution in [2.45, 2.75) is 26.7 Å². The van der Waals surface area contributed by atoms with Crippen LogP contribution in [0.5, 0.6) is 0 Å². The second kappa shape index (κ2) is 6.49. The molecule has 0 spiro atoms. The highest BCUT2D eigenvalue weighted by molar-refractivity contribution is 9.10. The minimum absolute atomic E-state index is 0.113. The summed E-state index contributed by atoms with van der Waals surface area (Å²) in [7, 11) is 0. The predicted octanol–water partition coefficient (Wildman–Crippen LogP) is 3.97. The molecule has 0 aliphatic heterocycles. The SMILES string of the molecule is Cc1cc(NC(=O)c2nc(C(C)C)ncc2Cl)ncc1Br. The van der Waals surface area contributed by atoms with Crippen LogP contribution in [0.15, 0.2) is 22.9 Å². The number of nitrogens with one attached hydrogen (secondary N) is 1. The summed E-state index contributed by atoms with van der Waals surface area (Å²) >= 11 is 9.37. The minimum atomic E-state index is -0.404. The summed E-state index contributed by atoms with van der Waals surface area (Å²) in [6, 6.07) is 1.76. The minimum Gasteiger partial charge on any atom is -0.305 e. The van der Waals surface area contributed by atoms with Gasteiger partial charge in [-0.1, -0.05) is 25.4 Å². The van der Waals surface area contributed by atoms with Gasteiger partial charge >= 0.3 is 0 Å². The van der Waals surface area contributed by atoms with Gasteiger partial charge in [0.2, 0.25) is 0 Å². The molecule has 2 heterocycles. The van der Waals surface area contributed by atoms with Crippen LogP contribution in [0.3, 0.4) is 0 Å². The molecular weight excluding hydrogens is 356 g/mol. The van der Waals surface area contributed by atoms with Crippen LogP contribution >= 0.6 is 27.5 Å². The van der Waals surface area contributed by atoms with E-state index >= 15 is 0 Å². The molecule has 0 fully saturated rings. The van der Waals surface area contributed by atoms with Crippen molar-refractivity contribution in [2.75, 3.05) is 5.32 Å². The first kappa shape index (κ1) is 15.9. The number of hydrogen-bond acceptors (Lipinski definition) is 4. The van der Waals surface area contributed by atoms with E-state index < -0.39 is 5.91 Å². The van der Waals surface area contributed by atoms with Crippen LogP contribution in [0, 0.1) is 6.92 Å². The van der Waals surface area contributed by atoms with Crippen molar-refractivity contribution in [2.24, 2.45) is 0 Å². The van der Waals surface area contributed by atoms with E-state index in [1.165, 1.54) is 6.20 Å². The Kier molecular flexibility index (Phi) is 4.90. The van der Waals surface area contributed by atoms with E-state index in [2.05, 4.69) is 36.2 Å². The molecule has 2 aromatic rings. The Labute approximate surface area is 136 Å². The molecule has 0 aromatic carbocycles. The van der Waals surface area contributed by atoms with Crippen LogP contribution in [-0.2, 0) is 0 Å². The summed E-state index contributed by atoms with van der Waals surface area (Å²) in [5.74, 6) is 0.728. The first-order valence-electron chi connectivity index (χ1n) is 6.34. The molecule has 0 saturated heterocycles. The van der Waals surface area contributed by atoms with Gasteiger partial charge in [-0.2, -0.15) is 0 Å². The maximum atomic E-state index is 12.3. The Morgan fingerprint density at radius 2 is 2.05 bits per heavy atom. The van der Waals surface area contributed by atoms with Crippen molar-refractivity contribution < 1.29 is 4.79 Å². The largest absolute Gasteiger partial charge is 0.305 e. The fraction of sp³-hybridized carbons (Fsp3) is 0.286. The molecule has 1 N–H and O–H groups in total.